The predicted molar refractivity (Wildman–Crippen MR) is 46.2 cm³/mol. The Bertz CT molecular complexity index is 325. The highest BCUT2D eigenvalue weighted by Gasteiger charge is 2.32. The van der Waals surface area contributed by atoms with Gasteiger partial charge in [-0.25, -0.2) is 0 Å². The summed E-state index contributed by atoms with van der Waals surface area (Å²) in [7, 11) is 0. The first-order chi connectivity index (χ1) is 6.44. The summed E-state index contributed by atoms with van der Waals surface area (Å²) in [6.07, 6.45) is -4.78. The molecular weight excluding hydrogens is 265 g/mol. The third-order valence-corrected chi connectivity index (χ3v) is 1.98. The predicted octanol–water partition coefficient (Wildman–Crippen LogP) is 3.23. The Labute approximate surface area is 86.4 Å². The third kappa shape index (κ3) is 2.88. The zero-order valence-electron chi connectivity index (χ0n) is 6.68. The van der Waals surface area contributed by atoms with Gasteiger partial charge in [-0.1, -0.05) is 12.1 Å². The summed E-state index contributed by atoms with van der Waals surface area (Å²) in [6, 6.07) is 4.16. The average Bonchev–Trinajstić information content (AvgIpc) is 2.06. The number of para-hydroxylation sites is 1. The van der Waals surface area contributed by atoms with Gasteiger partial charge in [-0.15, -0.1) is 13.2 Å². The van der Waals surface area contributed by atoms with Gasteiger partial charge in [0.15, 0.2) is 0 Å². The number of ether oxygens (including phenoxy) is 1. The van der Waals surface area contributed by atoms with Crippen LogP contribution in [0.3, 0.4) is 0 Å². The van der Waals surface area contributed by atoms with Crippen LogP contribution < -0.4 is 4.74 Å². The maximum Gasteiger partial charge on any atom is 0.573 e. The van der Waals surface area contributed by atoms with Crippen LogP contribution in [0.25, 0.3) is 0 Å². The summed E-state index contributed by atoms with van der Waals surface area (Å²) in [6.45, 7) is 0.547. The van der Waals surface area contributed by atoms with Gasteiger partial charge < -0.3 is 9.84 Å². The molecule has 0 bridgehead atoms. The molecule has 77 valence electrons. The molecular formula is C8H5BrF3O2. The third-order valence-electron chi connectivity index (χ3n) is 1.35. The van der Waals surface area contributed by atoms with Crippen LogP contribution in [0, 0.1) is 6.61 Å². The fourth-order valence-electron chi connectivity index (χ4n) is 0.851. The minimum atomic E-state index is -4.78. The Balaban J connectivity index is 3.05. The van der Waals surface area contributed by atoms with Crippen LogP contribution in [-0.2, 0) is 0 Å². The molecule has 0 aliphatic rings. The average molecular weight is 270 g/mol. The van der Waals surface area contributed by atoms with E-state index in [4.69, 9.17) is 5.11 Å². The molecule has 14 heavy (non-hydrogen) atoms. The van der Waals surface area contributed by atoms with E-state index in [-0.39, 0.29) is 10.0 Å². The van der Waals surface area contributed by atoms with Gasteiger partial charge in [0.1, 0.15) is 12.4 Å². The molecule has 2 nitrogen and oxygen atoms in total. The molecule has 1 aromatic carbocycles. The minimum absolute atomic E-state index is 0.0447. The van der Waals surface area contributed by atoms with E-state index in [9.17, 15) is 13.2 Å². The Morgan fingerprint density at radius 3 is 2.50 bits per heavy atom. The molecule has 0 aliphatic carbocycles. The molecule has 0 saturated heterocycles. The van der Waals surface area contributed by atoms with E-state index in [0.29, 0.717) is 6.61 Å². The SMILES string of the molecule is O[CH]c1cccc(Br)c1OC(F)(F)F. The highest BCUT2D eigenvalue weighted by molar-refractivity contribution is 9.10. The van der Waals surface area contributed by atoms with E-state index < -0.39 is 12.1 Å². The van der Waals surface area contributed by atoms with Gasteiger partial charge in [-0.3, -0.25) is 0 Å². The molecule has 6 heteroatoms. The van der Waals surface area contributed by atoms with E-state index in [2.05, 4.69) is 20.7 Å². The minimum Gasteiger partial charge on any atom is -0.404 e. The first kappa shape index (κ1) is 11.3. The van der Waals surface area contributed by atoms with Crippen LogP contribution in [0.1, 0.15) is 5.56 Å². The van der Waals surface area contributed by atoms with Crippen LogP contribution in [0.4, 0.5) is 13.2 Å². The second-order valence-electron chi connectivity index (χ2n) is 2.34. The molecule has 1 N–H and O–H groups in total. The molecule has 0 aliphatic heterocycles. The zero-order chi connectivity index (χ0) is 10.8. The lowest BCUT2D eigenvalue weighted by molar-refractivity contribution is -0.275. The van der Waals surface area contributed by atoms with E-state index in [1.807, 2.05) is 0 Å². The van der Waals surface area contributed by atoms with Crippen molar-refractivity contribution in [2.45, 2.75) is 6.36 Å². The van der Waals surface area contributed by atoms with Crippen LogP contribution in [0.15, 0.2) is 22.7 Å². The molecule has 0 spiro atoms. The topological polar surface area (TPSA) is 29.5 Å². The standard InChI is InChI=1S/C8H5BrF3O2/c9-6-3-1-2-5(4-13)7(6)14-8(10,11)12/h1-4,13H. The normalized spacial score (nSPS) is 11.5. The second kappa shape index (κ2) is 4.18. The smallest absolute Gasteiger partial charge is 0.404 e. The van der Waals surface area contributed by atoms with Crippen molar-refractivity contribution in [1.29, 1.82) is 0 Å². The number of rotatable bonds is 2. The van der Waals surface area contributed by atoms with Gasteiger partial charge in [-0.05, 0) is 22.0 Å². The van der Waals surface area contributed by atoms with Gasteiger partial charge in [0, 0.05) is 5.56 Å². The van der Waals surface area contributed by atoms with Crippen molar-refractivity contribution < 1.29 is 23.0 Å². The van der Waals surface area contributed by atoms with Crippen LogP contribution >= 0.6 is 15.9 Å². The van der Waals surface area contributed by atoms with Crippen molar-refractivity contribution >= 4 is 15.9 Å². The van der Waals surface area contributed by atoms with E-state index in [0.717, 1.165) is 0 Å². The molecule has 1 radical (unpaired) electrons. The lowest BCUT2D eigenvalue weighted by atomic mass is 10.2. The Hall–Kier alpha value is -0.750. The number of aliphatic hydroxyl groups excluding tert-OH is 1. The fraction of sp³-hybridized carbons (Fsp3) is 0.125. The van der Waals surface area contributed by atoms with Gasteiger partial charge in [0.05, 0.1) is 4.47 Å². The van der Waals surface area contributed by atoms with Crippen LogP contribution in [-0.4, -0.2) is 11.5 Å². The molecule has 0 amide bonds. The quantitative estimate of drug-likeness (QED) is 0.893. The van der Waals surface area contributed by atoms with Crippen LogP contribution in [0.5, 0.6) is 5.75 Å². The van der Waals surface area contributed by atoms with Crippen molar-refractivity contribution in [3.05, 3.63) is 34.8 Å². The number of benzene rings is 1. The number of alkyl halides is 3. The summed E-state index contributed by atoms with van der Waals surface area (Å²) in [5.74, 6) is -0.456. The second-order valence-corrected chi connectivity index (χ2v) is 3.19. The van der Waals surface area contributed by atoms with Crippen molar-refractivity contribution in [2.75, 3.05) is 0 Å². The van der Waals surface area contributed by atoms with E-state index in [1.165, 1.54) is 18.2 Å². The Morgan fingerprint density at radius 2 is 2.00 bits per heavy atom. The lowest BCUT2D eigenvalue weighted by Crippen LogP contribution is -2.18. The molecule has 1 aromatic rings. The highest BCUT2D eigenvalue weighted by Crippen LogP contribution is 2.33. The zero-order valence-corrected chi connectivity index (χ0v) is 8.26. The molecule has 0 saturated carbocycles. The first-order valence-corrected chi connectivity index (χ1v) is 4.25. The molecule has 0 aromatic heterocycles. The number of hydrogen-bond acceptors (Lipinski definition) is 2. The number of hydrogen-bond donors (Lipinski definition) is 1. The maximum atomic E-state index is 11.9. The Kier molecular flexibility index (Phi) is 3.38. The van der Waals surface area contributed by atoms with Gasteiger partial charge in [-0.2, -0.15) is 0 Å². The molecule has 1 rings (SSSR count). The van der Waals surface area contributed by atoms with Crippen LogP contribution in [0.2, 0.25) is 0 Å². The van der Waals surface area contributed by atoms with Crippen molar-refractivity contribution in [1.82, 2.24) is 0 Å². The van der Waals surface area contributed by atoms with Gasteiger partial charge >= 0.3 is 6.36 Å². The van der Waals surface area contributed by atoms with Gasteiger partial charge in [0.2, 0.25) is 0 Å². The fourth-order valence-corrected chi connectivity index (χ4v) is 1.31. The largest absolute Gasteiger partial charge is 0.573 e. The van der Waals surface area contributed by atoms with E-state index in [1.54, 1.807) is 0 Å². The van der Waals surface area contributed by atoms with Crippen molar-refractivity contribution in [3.63, 3.8) is 0 Å². The van der Waals surface area contributed by atoms with Gasteiger partial charge in [0.25, 0.3) is 0 Å². The summed E-state index contributed by atoms with van der Waals surface area (Å²) >= 11 is 2.88. The lowest BCUT2D eigenvalue weighted by Gasteiger charge is -2.13. The number of halogens is 4. The molecule has 0 fully saturated rings. The molecule has 0 unspecified atom stereocenters. The van der Waals surface area contributed by atoms with Crippen molar-refractivity contribution in [3.8, 4) is 5.75 Å². The number of aliphatic hydroxyl groups is 1. The highest BCUT2D eigenvalue weighted by atomic mass is 79.9. The van der Waals surface area contributed by atoms with Crippen molar-refractivity contribution in [2.24, 2.45) is 0 Å². The Morgan fingerprint density at radius 1 is 1.36 bits per heavy atom. The summed E-state index contributed by atoms with van der Waals surface area (Å²) < 4.78 is 39.5. The monoisotopic (exact) mass is 269 g/mol. The molecule has 0 atom stereocenters. The molecule has 0 heterocycles. The summed E-state index contributed by atoms with van der Waals surface area (Å²) in [5.41, 5.74) is -0.0447. The summed E-state index contributed by atoms with van der Waals surface area (Å²) in [5, 5.41) is 8.65. The van der Waals surface area contributed by atoms with E-state index >= 15 is 0 Å². The first-order valence-electron chi connectivity index (χ1n) is 3.46. The summed E-state index contributed by atoms with van der Waals surface area (Å²) in [4.78, 5) is 0. The maximum absolute atomic E-state index is 11.9.